The van der Waals surface area contributed by atoms with Gasteiger partial charge < -0.3 is 21.9 Å². The molecule has 0 saturated carbocycles. The SMILES string of the molecule is Cc1ccc(/C=C\C(=O)NC(=O)[C@H](C)NC(=O)[C@@H](N)CCCCN)c(O)c1. The number of aromatic hydroxyl groups is 1. The Labute approximate surface area is 159 Å². The third-order valence-corrected chi connectivity index (χ3v) is 3.90. The molecule has 0 bridgehead atoms. The van der Waals surface area contributed by atoms with Gasteiger partial charge in [0.05, 0.1) is 6.04 Å². The van der Waals surface area contributed by atoms with Gasteiger partial charge in [0.1, 0.15) is 11.8 Å². The summed E-state index contributed by atoms with van der Waals surface area (Å²) < 4.78 is 0. The van der Waals surface area contributed by atoms with Crippen molar-refractivity contribution < 1.29 is 19.5 Å². The first-order chi connectivity index (χ1) is 12.7. The van der Waals surface area contributed by atoms with Crippen LogP contribution in [0.25, 0.3) is 6.08 Å². The highest BCUT2D eigenvalue weighted by atomic mass is 16.3. The molecule has 1 aromatic carbocycles. The van der Waals surface area contributed by atoms with Crippen molar-refractivity contribution in [3.05, 3.63) is 35.4 Å². The number of phenols is 1. The smallest absolute Gasteiger partial charge is 0.250 e. The predicted octanol–water partition coefficient (Wildman–Crippen LogP) is 0.318. The standard InChI is InChI=1S/C19H28N4O4/c1-12-6-7-14(16(24)11-12)8-9-17(25)23-18(26)13(2)22-19(27)15(21)5-3-4-10-20/h6-9,11,13,15,24H,3-5,10,20-21H2,1-2H3,(H,22,27)(H,23,25,26)/b9-8-/t13-,15-/m0/s1. The van der Waals surface area contributed by atoms with Gasteiger partial charge in [0.25, 0.3) is 5.91 Å². The fourth-order valence-electron chi connectivity index (χ4n) is 2.26. The van der Waals surface area contributed by atoms with Crippen LogP contribution < -0.4 is 22.1 Å². The van der Waals surface area contributed by atoms with E-state index in [1.807, 2.05) is 6.92 Å². The van der Waals surface area contributed by atoms with Crippen molar-refractivity contribution in [3.8, 4) is 5.75 Å². The normalized spacial score (nSPS) is 13.2. The molecule has 2 atom stereocenters. The molecule has 0 aliphatic carbocycles. The Kier molecular flexibility index (Phi) is 9.18. The third-order valence-electron chi connectivity index (χ3n) is 3.90. The monoisotopic (exact) mass is 376 g/mol. The number of nitrogens with two attached hydrogens (primary N) is 2. The number of benzene rings is 1. The first-order valence-electron chi connectivity index (χ1n) is 8.83. The van der Waals surface area contributed by atoms with Crippen molar-refractivity contribution in [3.63, 3.8) is 0 Å². The lowest BCUT2D eigenvalue weighted by Crippen LogP contribution is -2.51. The van der Waals surface area contributed by atoms with E-state index in [4.69, 9.17) is 11.5 Å². The van der Waals surface area contributed by atoms with Crippen LogP contribution in [0.4, 0.5) is 0 Å². The Morgan fingerprint density at radius 2 is 1.93 bits per heavy atom. The molecule has 7 N–H and O–H groups in total. The Hall–Kier alpha value is -2.71. The van der Waals surface area contributed by atoms with Crippen molar-refractivity contribution in [2.75, 3.05) is 6.54 Å². The summed E-state index contributed by atoms with van der Waals surface area (Å²) in [6, 6.07) is 3.37. The number of carbonyl (C=O) groups excluding carboxylic acids is 3. The number of hydrogen-bond acceptors (Lipinski definition) is 6. The van der Waals surface area contributed by atoms with E-state index in [-0.39, 0.29) is 5.75 Å². The molecule has 0 heterocycles. The Morgan fingerprint density at radius 1 is 1.22 bits per heavy atom. The number of imide groups is 1. The quantitative estimate of drug-likeness (QED) is 0.310. The highest BCUT2D eigenvalue weighted by Gasteiger charge is 2.20. The number of rotatable bonds is 9. The molecule has 0 aliphatic rings. The molecule has 1 aromatic rings. The molecule has 27 heavy (non-hydrogen) atoms. The lowest BCUT2D eigenvalue weighted by atomic mass is 10.1. The fourth-order valence-corrected chi connectivity index (χ4v) is 2.26. The molecule has 1 rings (SSSR count). The zero-order chi connectivity index (χ0) is 20.4. The minimum absolute atomic E-state index is 0.0367. The van der Waals surface area contributed by atoms with Crippen molar-refractivity contribution in [1.82, 2.24) is 10.6 Å². The van der Waals surface area contributed by atoms with Gasteiger partial charge in [-0.2, -0.15) is 0 Å². The Balaban J connectivity index is 2.50. The molecule has 0 fully saturated rings. The van der Waals surface area contributed by atoms with Gasteiger partial charge >= 0.3 is 0 Å². The molecule has 0 aromatic heterocycles. The molecular weight excluding hydrogens is 348 g/mol. The van der Waals surface area contributed by atoms with Gasteiger partial charge in [-0.3, -0.25) is 19.7 Å². The lowest BCUT2D eigenvalue weighted by molar-refractivity contribution is -0.132. The highest BCUT2D eigenvalue weighted by Crippen LogP contribution is 2.19. The summed E-state index contributed by atoms with van der Waals surface area (Å²) in [5.41, 5.74) is 12.5. The van der Waals surface area contributed by atoms with Gasteiger partial charge in [0.2, 0.25) is 11.8 Å². The van der Waals surface area contributed by atoms with Gasteiger partial charge in [0.15, 0.2) is 0 Å². The number of nitrogens with one attached hydrogen (secondary N) is 2. The Bertz CT molecular complexity index is 703. The lowest BCUT2D eigenvalue weighted by Gasteiger charge is -2.16. The van der Waals surface area contributed by atoms with E-state index < -0.39 is 29.8 Å². The van der Waals surface area contributed by atoms with Crippen LogP contribution in [0.2, 0.25) is 0 Å². The average molecular weight is 376 g/mol. The zero-order valence-electron chi connectivity index (χ0n) is 15.7. The third kappa shape index (κ3) is 8.02. The summed E-state index contributed by atoms with van der Waals surface area (Å²) >= 11 is 0. The molecule has 148 valence electrons. The van der Waals surface area contributed by atoms with Gasteiger partial charge in [-0.25, -0.2) is 0 Å². The molecule has 0 radical (unpaired) electrons. The van der Waals surface area contributed by atoms with E-state index in [0.29, 0.717) is 18.5 Å². The first kappa shape index (κ1) is 22.3. The van der Waals surface area contributed by atoms with Crippen LogP contribution in [-0.4, -0.2) is 41.5 Å². The molecule has 8 heteroatoms. The second-order valence-corrected chi connectivity index (χ2v) is 6.37. The van der Waals surface area contributed by atoms with Crippen molar-refractivity contribution >= 4 is 23.8 Å². The van der Waals surface area contributed by atoms with Crippen LogP contribution in [0.15, 0.2) is 24.3 Å². The minimum Gasteiger partial charge on any atom is -0.507 e. The van der Waals surface area contributed by atoms with Crippen molar-refractivity contribution in [2.45, 2.75) is 45.2 Å². The maximum atomic E-state index is 12.0. The van der Waals surface area contributed by atoms with Crippen molar-refractivity contribution in [2.24, 2.45) is 11.5 Å². The van der Waals surface area contributed by atoms with Gasteiger partial charge in [-0.15, -0.1) is 0 Å². The summed E-state index contributed by atoms with van der Waals surface area (Å²) in [6.45, 7) is 3.82. The van der Waals surface area contributed by atoms with Crippen LogP contribution in [0.3, 0.4) is 0 Å². The number of hydrogen-bond donors (Lipinski definition) is 5. The number of amides is 3. The maximum Gasteiger partial charge on any atom is 0.250 e. The molecule has 8 nitrogen and oxygen atoms in total. The predicted molar refractivity (Wildman–Crippen MR) is 104 cm³/mol. The summed E-state index contributed by atoms with van der Waals surface area (Å²) in [4.78, 5) is 35.8. The molecule has 0 spiro atoms. The average Bonchev–Trinajstić information content (AvgIpc) is 2.60. The first-order valence-corrected chi connectivity index (χ1v) is 8.83. The molecule has 3 amide bonds. The van der Waals surface area contributed by atoms with Gasteiger partial charge in [-0.1, -0.05) is 18.6 Å². The number of unbranched alkanes of at least 4 members (excludes halogenated alkanes) is 1. The van der Waals surface area contributed by atoms with Crippen LogP contribution in [0.1, 0.15) is 37.3 Å². The minimum atomic E-state index is -0.914. The topological polar surface area (TPSA) is 148 Å². The summed E-state index contributed by atoms with van der Waals surface area (Å²) in [6.07, 6.45) is 4.50. The van der Waals surface area contributed by atoms with E-state index in [1.165, 1.54) is 13.0 Å². The largest absolute Gasteiger partial charge is 0.507 e. The van der Waals surface area contributed by atoms with Gasteiger partial charge in [0, 0.05) is 11.6 Å². The summed E-state index contributed by atoms with van der Waals surface area (Å²) in [5, 5.41) is 14.4. The number of carbonyl (C=O) groups is 3. The summed E-state index contributed by atoms with van der Waals surface area (Å²) in [7, 11) is 0. The highest BCUT2D eigenvalue weighted by molar-refractivity contribution is 6.05. The van der Waals surface area contributed by atoms with Crippen LogP contribution in [0, 0.1) is 6.92 Å². The molecular formula is C19H28N4O4. The number of aryl methyl sites for hydroxylation is 1. The maximum absolute atomic E-state index is 12.0. The van der Waals surface area contributed by atoms with E-state index in [2.05, 4.69) is 10.6 Å². The second-order valence-electron chi connectivity index (χ2n) is 6.37. The van der Waals surface area contributed by atoms with E-state index in [1.54, 1.807) is 18.2 Å². The van der Waals surface area contributed by atoms with Gasteiger partial charge in [-0.05, 0) is 50.9 Å². The van der Waals surface area contributed by atoms with E-state index in [0.717, 1.165) is 24.5 Å². The van der Waals surface area contributed by atoms with E-state index >= 15 is 0 Å². The number of phenolic OH excluding ortho intramolecular Hbond substituents is 1. The fraction of sp³-hybridized carbons (Fsp3) is 0.421. The summed E-state index contributed by atoms with van der Waals surface area (Å²) in [5.74, 6) is -1.73. The van der Waals surface area contributed by atoms with E-state index in [9.17, 15) is 19.5 Å². The van der Waals surface area contributed by atoms with Crippen LogP contribution in [0.5, 0.6) is 5.75 Å². The zero-order valence-corrected chi connectivity index (χ0v) is 15.7. The Morgan fingerprint density at radius 3 is 2.56 bits per heavy atom. The molecule has 0 saturated heterocycles. The van der Waals surface area contributed by atoms with Crippen LogP contribution in [-0.2, 0) is 14.4 Å². The van der Waals surface area contributed by atoms with Crippen molar-refractivity contribution in [1.29, 1.82) is 0 Å². The molecule has 0 aliphatic heterocycles. The second kappa shape index (κ2) is 11.1. The van der Waals surface area contributed by atoms with Crippen LogP contribution >= 0.6 is 0 Å². The molecule has 0 unspecified atom stereocenters.